The van der Waals surface area contributed by atoms with Gasteiger partial charge >= 0.3 is 0 Å². The van der Waals surface area contributed by atoms with Gasteiger partial charge in [0.1, 0.15) is 0 Å². The zero-order valence-electron chi connectivity index (χ0n) is 16.2. The van der Waals surface area contributed by atoms with Crippen LogP contribution < -0.4 is 0 Å². The van der Waals surface area contributed by atoms with Crippen molar-refractivity contribution >= 4 is 25.5 Å². The lowest BCUT2D eigenvalue weighted by molar-refractivity contribution is -0.385. The number of rotatable bonds is 6. The number of sulfone groups is 1. The van der Waals surface area contributed by atoms with Crippen LogP contribution in [0, 0.1) is 24.0 Å². The summed E-state index contributed by atoms with van der Waals surface area (Å²) in [6.45, 7) is 4.88. The van der Waals surface area contributed by atoms with Gasteiger partial charge in [0.05, 0.1) is 14.7 Å². The maximum absolute atomic E-state index is 13.1. The summed E-state index contributed by atoms with van der Waals surface area (Å²) in [4.78, 5) is 10.5. The van der Waals surface area contributed by atoms with E-state index >= 15 is 0 Å². The summed E-state index contributed by atoms with van der Waals surface area (Å²) in [6.07, 6.45) is 1.09. The molecule has 0 saturated carbocycles. The van der Waals surface area contributed by atoms with E-state index < -0.39 is 30.8 Å². The maximum atomic E-state index is 13.1. The predicted octanol–water partition coefficient (Wildman–Crippen LogP) is 3.00. The monoisotopic (exact) mass is 426 g/mol. The third-order valence-electron chi connectivity index (χ3n) is 4.81. The molecule has 2 rings (SSSR count). The van der Waals surface area contributed by atoms with Gasteiger partial charge in [-0.15, -0.1) is 0 Å². The second-order valence-electron chi connectivity index (χ2n) is 6.68. The van der Waals surface area contributed by atoms with Crippen molar-refractivity contribution in [2.24, 2.45) is 0 Å². The minimum atomic E-state index is -4.02. The average molecular weight is 427 g/mol. The van der Waals surface area contributed by atoms with E-state index in [2.05, 4.69) is 0 Å². The first-order valence-electron chi connectivity index (χ1n) is 8.30. The normalized spacial score (nSPS) is 13.5. The molecule has 10 heteroatoms. The molecule has 2 aromatic rings. The van der Waals surface area contributed by atoms with E-state index in [-0.39, 0.29) is 15.5 Å². The predicted molar refractivity (Wildman–Crippen MR) is 105 cm³/mol. The van der Waals surface area contributed by atoms with Crippen molar-refractivity contribution in [3.05, 3.63) is 63.2 Å². The fourth-order valence-electron chi connectivity index (χ4n) is 2.75. The molecule has 152 valence electrons. The molecular weight excluding hydrogens is 404 g/mol. The standard InChI is InChI=1S/C18H22N2O6S2/c1-12-10-16(20(21)22)11-18(13(12)2)28(25,26)19(4)14(3)15-6-8-17(9-7-15)27(5,23)24/h6-11,14H,1-5H3. The zero-order valence-corrected chi connectivity index (χ0v) is 17.8. The van der Waals surface area contributed by atoms with Gasteiger partial charge in [-0.1, -0.05) is 12.1 Å². The van der Waals surface area contributed by atoms with Crippen LogP contribution in [-0.2, 0) is 19.9 Å². The zero-order chi connectivity index (χ0) is 21.4. The van der Waals surface area contributed by atoms with Crippen LogP contribution in [0.5, 0.6) is 0 Å². The van der Waals surface area contributed by atoms with Crippen LogP contribution in [0.15, 0.2) is 46.2 Å². The van der Waals surface area contributed by atoms with Gasteiger partial charge in [0.15, 0.2) is 9.84 Å². The molecule has 2 aromatic carbocycles. The van der Waals surface area contributed by atoms with Gasteiger partial charge in [-0.2, -0.15) is 4.31 Å². The lowest BCUT2D eigenvalue weighted by Crippen LogP contribution is -2.30. The van der Waals surface area contributed by atoms with E-state index in [9.17, 15) is 26.9 Å². The molecule has 0 radical (unpaired) electrons. The van der Waals surface area contributed by atoms with Crippen LogP contribution in [0.3, 0.4) is 0 Å². The second-order valence-corrected chi connectivity index (χ2v) is 10.7. The molecule has 1 unspecified atom stereocenters. The number of hydrogen-bond donors (Lipinski definition) is 0. The Kier molecular flexibility index (Phi) is 5.98. The topological polar surface area (TPSA) is 115 Å². The van der Waals surface area contributed by atoms with Crippen LogP contribution in [-0.4, -0.2) is 39.4 Å². The number of non-ortho nitro benzene ring substituents is 1. The number of hydrogen-bond acceptors (Lipinski definition) is 6. The van der Waals surface area contributed by atoms with Gasteiger partial charge in [-0.3, -0.25) is 10.1 Å². The highest BCUT2D eigenvalue weighted by atomic mass is 32.2. The van der Waals surface area contributed by atoms with Crippen LogP contribution in [0.2, 0.25) is 0 Å². The van der Waals surface area contributed by atoms with Crippen LogP contribution in [0.1, 0.15) is 29.7 Å². The van der Waals surface area contributed by atoms with E-state index in [1.54, 1.807) is 32.9 Å². The molecule has 0 spiro atoms. The van der Waals surface area contributed by atoms with E-state index in [0.29, 0.717) is 16.7 Å². The van der Waals surface area contributed by atoms with Gasteiger partial charge in [-0.05, 0) is 49.6 Å². The molecule has 0 amide bonds. The third-order valence-corrected chi connectivity index (χ3v) is 7.99. The van der Waals surface area contributed by atoms with E-state index in [1.165, 1.54) is 25.2 Å². The number of nitro benzene ring substituents is 1. The lowest BCUT2D eigenvalue weighted by Gasteiger charge is -2.26. The Bertz CT molecular complexity index is 1120. The van der Waals surface area contributed by atoms with Crippen molar-refractivity contribution in [1.82, 2.24) is 4.31 Å². The molecule has 0 saturated heterocycles. The van der Waals surface area contributed by atoms with Crippen molar-refractivity contribution in [2.45, 2.75) is 36.6 Å². The van der Waals surface area contributed by atoms with Gasteiger partial charge in [-0.25, -0.2) is 16.8 Å². The molecule has 0 bridgehead atoms. The summed E-state index contributed by atoms with van der Waals surface area (Å²) in [5.74, 6) is 0. The largest absolute Gasteiger partial charge is 0.271 e. The van der Waals surface area contributed by atoms with Crippen molar-refractivity contribution in [1.29, 1.82) is 0 Å². The average Bonchev–Trinajstić information content (AvgIpc) is 2.61. The number of benzene rings is 2. The maximum Gasteiger partial charge on any atom is 0.271 e. The van der Waals surface area contributed by atoms with Crippen molar-refractivity contribution < 1.29 is 21.8 Å². The number of nitrogens with zero attached hydrogens (tertiary/aromatic N) is 2. The number of nitro groups is 1. The summed E-state index contributed by atoms with van der Waals surface area (Å²) < 4.78 is 50.6. The quantitative estimate of drug-likeness (QED) is 0.518. The molecule has 8 nitrogen and oxygen atoms in total. The fourth-order valence-corrected chi connectivity index (χ4v) is 5.05. The van der Waals surface area contributed by atoms with E-state index in [0.717, 1.165) is 16.6 Å². The summed E-state index contributed by atoms with van der Waals surface area (Å²) >= 11 is 0. The molecule has 0 aromatic heterocycles. The Morgan fingerprint density at radius 3 is 2.04 bits per heavy atom. The van der Waals surface area contributed by atoms with Gasteiger partial charge < -0.3 is 0 Å². The minimum absolute atomic E-state index is 0.124. The molecule has 0 fully saturated rings. The number of sulfonamides is 1. The number of aryl methyl sites for hydroxylation is 1. The van der Waals surface area contributed by atoms with Crippen molar-refractivity contribution in [3.8, 4) is 0 Å². The Balaban J connectivity index is 2.47. The van der Waals surface area contributed by atoms with Crippen LogP contribution >= 0.6 is 0 Å². The summed E-state index contributed by atoms with van der Waals surface area (Å²) in [6, 6.07) is 7.74. The molecule has 1 atom stereocenters. The minimum Gasteiger partial charge on any atom is -0.258 e. The van der Waals surface area contributed by atoms with Crippen molar-refractivity contribution in [3.63, 3.8) is 0 Å². The van der Waals surface area contributed by atoms with Gasteiger partial charge in [0.25, 0.3) is 5.69 Å². The Hall–Kier alpha value is -2.30. The molecule has 0 aliphatic heterocycles. The molecular formula is C18H22N2O6S2. The highest BCUT2D eigenvalue weighted by Gasteiger charge is 2.30. The Morgan fingerprint density at radius 1 is 1.04 bits per heavy atom. The smallest absolute Gasteiger partial charge is 0.258 e. The van der Waals surface area contributed by atoms with Gasteiger partial charge in [0, 0.05) is 31.5 Å². The molecule has 0 heterocycles. The van der Waals surface area contributed by atoms with Crippen molar-refractivity contribution in [2.75, 3.05) is 13.3 Å². The highest BCUT2D eigenvalue weighted by molar-refractivity contribution is 7.90. The first-order chi connectivity index (χ1) is 12.8. The summed E-state index contributed by atoms with van der Waals surface area (Å²) in [5.41, 5.74) is 1.25. The van der Waals surface area contributed by atoms with Gasteiger partial charge in [0.2, 0.25) is 10.0 Å². The SMILES string of the molecule is Cc1cc([N+](=O)[O-])cc(S(=O)(=O)N(C)C(C)c2ccc(S(C)(=O)=O)cc2)c1C. The molecule has 28 heavy (non-hydrogen) atoms. The Morgan fingerprint density at radius 2 is 1.57 bits per heavy atom. The first-order valence-corrected chi connectivity index (χ1v) is 11.6. The second kappa shape index (κ2) is 7.61. The summed E-state index contributed by atoms with van der Waals surface area (Å²) in [5, 5.41) is 11.1. The fraction of sp³-hybridized carbons (Fsp3) is 0.333. The molecule has 0 N–H and O–H groups in total. The highest BCUT2D eigenvalue weighted by Crippen LogP contribution is 2.31. The van der Waals surface area contributed by atoms with E-state index in [1.807, 2.05) is 0 Å². The van der Waals surface area contributed by atoms with Crippen LogP contribution in [0.4, 0.5) is 5.69 Å². The molecule has 0 aliphatic carbocycles. The first kappa shape index (κ1) is 22.0. The Labute approximate surface area is 164 Å². The molecule has 0 aliphatic rings. The lowest BCUT2D eigenvalue weighted by atomic mass is 10.1. The third kappa shape index (κ3) is 4.23. The summed E-state index contributed by atoms with van der Waals surface area (Å²) in [7, 11) is -5.99. The van der Waals surface area contributed by atoms with E-state index in [4.69, 9.17) is 0 Å². The van der Waals surface area contributed by atoms with Crippen LogP contribution in [0.25, 0.3) is 0 Å².